The normalized spacial score (nSPS) is 17.4. The second-order valence-electron chi connectivity index (χ2n) is 4.23. The number of allylic oxidation sites excluding steroid dienone is 1. The molecule has 2 aliphatic rings. The number of hydrogen-bond acceptors (Lipinski definition) is 3. The zero-order valence-electron chi connectivity index (χ0n) is 9.35. The summed E-state index contributed by atoms with van der Waals surface area (Å²) in [7, 11) is 0. The van der Waals surface area contributed by atoms with Crippen LogP contribution in [0.1, 0.15) is 12.0 Å². The molecule has 0 aromatic heterocycles. The minimum absolute atomic E-state index is 0.123. The van der Waals surface area contributed by atoms with Gasteiger partial charge < -0.3 is 10.0 Å². The SMILES string of the molecule is O=C(O)CC1=CCc2cccc3c2N1CCS3. The molecule has 0 fully saturated rings. The van der Waals surface area contributed by atoms with Crippen LogP contribution in [0.5, 0.6) is 0 Å². The van der Waals surface area contributed by atoms with Crippen molar-refractivity contribution in [2.75, 3.05) is 17.2 Å². The van der Waals surface area contributed by atoms with Gasteiger partial charge in [0.05, 0.1) is 12.1 Å². The highest BCUT2D eigenvalue weighted by Gasteiger charge is 2.26. The summed E-state index contributed by atoms with van der Waals surface area (Å²) in [6.45, 7) is 0.911. The van der Waals surface area contributed by atoms with Crippen LogP contribution in [0.4, 0.5) is 5.69 Å². The fourth-order valence-electron chi connectivity index (χ4n) is 2.46. The van der Waals surface area contributed by atoms with E-state index in [4.69, 9.17) is 5.11 Å². The average Bonchev–Trinajstić information content (AvgIpc) is 2.33. The molecular weight excluding hydrogens is 234 g/mol. The van der Waals surface area contributed by atoms with Gasteiger partial charge in [0.1, 0.15) is 0 Å². The highest BCUT2D eigenvalue weighted by atomic mass is 32.2. The summed E-state index contributed by atoms with van der Waals surface area (Å²) in [4.78, 5) is 14.3. The number of carboxylic acid groups (broad SMARTS) is 1. The molecule has 0 bridgehead atoms. The van der Waals surface area contributed by atoms with Crippen molar-refractivity contribution in [1.82, 2.24) is 0 Å². The van der Waals surface area contributed by atoms with Gasteiger partial charge in [-0.05, 0) is 18.1 Å². The molecule has 0 atom stereocenters. The number of nitrogens with zero attached hydrogens (tertiary/aromatic N) is 1. The summed E-state index contributed by atoms with van der Waals surface area (Å²) in [5.41, 5.74) is 3.49. The number of hydrogen-bond donors (Lipinski definition) is 1. The van der Waals surface area contributed by atoms with Crippen LogP contribution in [0, 0.1) is 0 Å². The fourth-order valence-corrected chi connectivity index (χ4v) is 3.51. The summed E-state index contributed by atoms with van der Waals surface area (Å²) < 4.78 is 0. The fraction of sp³-hybridized carbons (Fsp3) is 0.308. The molecule has 0 saturated carbocycles. The third kappa shape index (κ3) is 1.82. The summed E-state index contributed by atoms with van der Waals surface area (Å²) in [5.74, 6) is 0.267. The van der Waals surface area contributed by atoms with Gasteiger partial charge in [0.2, 0.25) is 0 Å². The molecule has 0 unspecified atom stereocenters. The molecule has 3 nitrogen and oxygen atoms in total. The Bertz CT molecular complexity index is 510. The predicted molar refractivity (Wildman–Crippen MR) is 68.6 cm³/mol. The van der Waals surface area contributed by atoms with Crippen molar-refractivity contribution < 1.29 is 9.90 Å². The Morgan fingerprint density at radius 3 is 3.18 bits per heavy atom. The lowest BCUT2D eigenvalue weighted by Crippen LogP contribution is -2.32. The van der Waals surface area contributed by atoms with E-state index in [1.54, 1.807) is 0 Å². The molecule has 4 heteroatoms. The second kappa shape index (κ2) is 4.11. The molecule has 0 spiro atoms. The monoisotopic (exact) mass is 247 g/mol. The van der Waals surface area contributed by atoms with Gasteiger partial charge in [-0.2, -0.15) is 0 Å². The molecule has 3 rings (SSSR count). The van der Waals surface area contributed by atoms with Gasteiger partial charge in [-0.15, -0.1) is 11.8 Å². The van der Waals surface area contributed by atoms with E-state index < -0.39 is 5.97 Å². The van der Waals surface area contributed by atoms with Crippen LogP contribution in [0.3, 0.4) is 0 Å². The summed E-state index contributed by atoms with van der Waals surface area (Å²) in [6.07, 6.45) is 3.03. The van der Waals surface area contributed by atoms with E-state index in [9.17, 15) is 4.79 Å². The van der Waals surface area contributed by atoms with Crippen molar-refractivity contribution in [3.8, 4) is 0 Å². The van der Waals surface area contributed by atoms with E-state index in [0.717, 1.165) is 24.4 Å². The first-order valence-electron chi connectivity index (χ1n) is 5.69. The van der Waals surface area contributed by atoms with E-state index in [-0.39, 0.29) is 6.42 Å². The van der Waals surface area contributed by atoms with Gasteiger partial charge in [0, 0.05) is 22.9 Å². The smallest absolute Gasteiger partial charge is 0.309 e. The molecule has 1 aromatic carbocycles. The van der Waals surface area contributed by atoms with Gasteiger partial charge in [-0.3, -0.25) is 4.79 Å². The van der Waals surface area contributed by atoms with Gasteiger partial charge in [-0.1, -0.05) is 18.2 Å². The predicted octanol–water partition coefficient (Wildman–Crippen LogP) is 2.51. The molecule has 2 aliphatic heterocycles. The number of aliphatic carboxylic acids is 1. The Labute approximate surface area is 104 Å². The van der Waals surface area contributed by atoms with Gasteiger partial charge >= 0.3 is 5.97 Å². The maximum atomic E-state index is 10.9. The first-order chi connectivity index (χ1) is 8.25. The van der Waals surface area contributed by atoms with Crippen molar-refractivity contribution in [3.63, 3.8) is 0 Å². The molecule has 0 aliphatic carbocycles. The van der Waals surface area contributed by atoms with Gasteiger partial charge in [0.25, 0.3) is 0 Å². The maximum Gasteiger partial charge on any atom is 0.309 e. The highest BCUT2D eigenvalue weighted by molar-refractivity contribution is 7.99. The van der Waals surface area contributed by atoms with Crippen molar-refractivity contribution >= 4 is 23.4 Å². The van der Waals surface area contributed by atoms with Gasteiger partial charge in [0.15, 0.2) is 0 Å². The van der Waals surface area contributed by atoms with E-state index in [1.807, 2.05) is 11.8 Å². The minimum Gasteiger partial charge on any atom is -0.481 e. The topological polar surface area (TPSA) is 40.5 Å². The number of para-hydroxylation sites is 1. The molecule has 88 valence electrons. The molecule has 0 saturated heterocycles. The summed E-state index contributed by atoms with van der Waals surface area (Å²) in [5, 5.41) is 8.94. The Morgan fingerprint density at radius 1 is 1.47 bits per heavy atom. The standard InChI is InChI=1S/C13H13NO2S/c15-12(16)8-10-5-4-9-2-1-3-11-13(9)14(10)6-7-17-11/h1-3,5H,4,6-8H2,(H,15,16). The lowest BCUT2D eigenvalue weighted by atomic mass is 10.0. The molecule has 1 aromatic rings. The van der Waals surface area contributed by atoms with Crippen LogP contribution >= 0.6 is 11.8 Å². The Balaban J connectivity index is 2.03. The zero-order valence-corrected chi connectivity index (χ0v) is 10.2. The van der Waals surface area contributed by atoms with Crippen LogP contribution in [0.15, 0.2) is 34.9 Å². The van der Waals surface area contributed by atoms with Crippen LogP contribution in [0.2, 0.25) is 0 Å². The zero-order chi connectivity index (χ0) is 11.8. The Kier molecular flexibility index (Phi) is 2.59. The van der Waals surface area contributed by atoms with E-state index in [1.165, 1.54) is 16.1 Å². The van der Waals surface area contributed by atoms with Gasteiger partial charge in [-0.25, -0.2) is 0 Å². The quantitative estimate of drug-likeness (QED) is 0.871. The van der Waals surface area contributed by atoms with E-state index in [2.05, 4.69) is 29.2 Å². The van der Waals surface area contributed by atoms with Crippen molar-refractivity contribution in [2.45, 2.75) is 17.7 Å². The molecular formula is C13H13NO2S. The summed E-state index contributed by atoms with van der Waals surface area (Å²) in [6, 6.07) is 6.34. The first-order valence-corrected chi connectivity index (χ1v) is 6.67. The highest BCUT2D eigenvalue weighted by Crippen LogP contribution is 2.42. The Hall–Kier alpha value is -1.42. The number of thioether (sulfide) groups is 1. The van der Waals surface area contributed by atoms with E-state index >= 15 is 0 Å². The minimum atomic E-state index is -0.754. The van der Waals surface area contributed by atoms with E-state index in [0.29, 0.717) is 0 Å². The maximum absolute atomic E-state index is 10.9. The molecule has 1 N–H and O–H groups in total. The van der Waals surface area contributed by atoms with Crippen LogP contribution in [0.25, 0.3) is 0 Å². The van der Waals surface area contributed by atoms with Crippen LogP contribution < -0.4 is 4.90 Å². The first kappa shape index (κ1) is 10.7. The third-order valence-corrected chi connectivity index (χ3v) is 4.19. The van der Waals surface area contributed by atoms with Crippen molar-refractivity contribution in [3.05, 3.63) is 35.5 Å². The van der Waals surface area contributed by atoms with Crippen molar-refractivity contribution in [2.24, 2.45) is 0 Å². The lowest BCUT2D eigenvalue weighted by Gasteiger charge is -2.36. The molecule has 17 heavy (non-hydrogen) atoms. The number of benzene rings is 1. The molecule has 0 amide bonds. The number of rotatable bonds is 2. The molecule has 0 radical (unpaired) electrons. The lowest BCUT2D eigenvalue weighted by molar-refractivity contribution is -0.136. The average molecular weight is 247 g/mol. The number of carboxylic acids is 1. The molecule has 2 heterocycles. The summed E-state index contributed by atoms with van der Waals surface area (Å²) >= 11 is 1.86. The number of carbonyl (C=O) groups is 1. The van der Waals surface area contributed by atoms with Crippen LogP contribution in [-0.2, 0) is 11.2 Å². The number of anilines is 1. The second-order valence-corrected chi connectivity index (χ2v) is 5.37. The van der Waals surface area contributed by atoms with Crippen molar-refractivity contribution in [1.29, 1.82) is 0 Å². The third-order valence-electron chi connectivity index (χ3n) is 3.16. The Morgan fingerprint density at radius 2 is 2.35 bits per heavy atom. The van der Waals surface area contributed by atoms with Crippen LogP contribution in [-0.4, -0.2) is 23.4 Å². The largest absolute Gasteiger partial charge is 0.481 e.